The van der Waals surface area contributed by atoms with Crippen LogP contribution in [-0.2, 0) is 6.54 Å². The Hall–Kier alpha value is -1.36. The molecule has 0 saturated carbocycles. The molecule has 0 aliphatic heterocycles. The highest BCUT2D eigenvalue weighted by atomic mass is 127. The molecule has 0 N–H and O–H groups in total. The van der Waals surface area contributed by atoms with E-state index in [1.807, 2.05) is 36.4 Å². The molecule has 2 nitrogen and oxygen atoms in total. The zero-order chi connectivity index (χ0) is 13.0. The molecule has 18 heavy (non-hydrogen) atoms. The van der Waals surface area contributed by atoms with Crippen molar-refractivity contribution >= 4 is 28.3 Å². The van der Waals surface area contributed by atoms with Gasteiger partial charge < -0.3 is 5.11 Å². The predicted molar refractivity (Wildman–Crippen MR) is 81.3 cm³/mol. The highest BCUT2D eigenvalue weighted by molar-refractivity contribution is 14.1. The van der Waals surface area contributed by atoms with Crippen LogP contribution in [0.2, 0.25) is 0 Å². The molecular weight excluding hydrogens is 337 g/mol. The molecule has 0 heterocycles. The predicted octanol–water partition coefficient (Wildman–Crippen LogP) is 2.99. The van der Waals surface area contributed by atoms with Crippen molar-refractivity contribution in [1.29, 1.82) is 0 Å². The Balaban J connectivity index is 2.24. The number of hydrogen-bond acceptors (Lipinski definition) is 2. The minimum absolute atomic E-state index is 0.0529. The molecule has 0 bridgehead atoms. The van der Waals surface area contributed by atoms with Gasteiger partial charge in [0.15, 0.2) is 0 Å². The number of aliphatic imine (C=N–C) groups is 1. The second kappa shape index (κ2) is 6.00. The Morgan fingerprint density at radius 1 is 1.22 bits per heavy atom. The van der Waals surface area contributed by atoms with E-state index in [2.05, 4.69) is 39.7 Å². The smallest absolute Gasteiger partial charge is 0.0657 e. The lowest BCUT2D eigenvalue weighted by Gasteiger charge is -2.14. The van der Waals surface area contributed by atoms with Crippen molar-refractivity contribution in [2.75, 3.05) is 0 Å². The number of benzene rings is 1. The van der Waals surface area contributed by atoms with Gasteiger partial charge in [0.05, 0.1) is 12.3 Å². The summed E-state index contributed by atoms with van der Waals surface area (Å²) in [5, 5.41) is 11.5. The molecule has 0 spiro atoms. The van der Waals surface area contributed by atoms with E-state index in [0.29, 0.717) is 12.1 Å². The fourth-order valence-electron chi connectivity index (χ4n) is 1.71. The molecule has 1 aromatic rings. The van der Waals surface area contributed by atoms with Gasteiger partial charge in [-0.15, -0.1) is 5.76 Å². The highest BCUT2D eigenvalue weighted by Gasteiger charge is 2.04. The SMILES string of the molecule is CC([O-])=C1C=CC=CC1=NCc1ccccc1I. The summed E-state index contributed by atoms with van der Waals surface area (Å²) in [5.74, 6) is 0.0529. The van der Waals surface area contributed by atoms with Crippen molar-refractivity contribution in [2.45, 2.75) is 13.5 Å². The number of allylic oxidation sites excluding steroid dienone is 6. The van der Waals surface area contributed by atoms with E-state index in [4.69, 9.17) is 0 Å². The normalized spacial score (nSPS) is 19.3. The second-order valence-electron chi connectivity index (χ2n) is 3.98. The number of hydrogen-bond donors (Lipinski definition) is 0. The van der Waals surface area contributed by atoms with E-state index < -0.39 is 0 Å². The minimum atomic E-state index is 0.0529. The summed E-state index contributed by atoms with van der Waals surface area (Å²) in [6, 6.07) is 8.13. The Morgan fingerprint density at radius 3 is 2.67 bits per heavy atom. The number of nitrogens with zero attached hydrogens (tertiary/aromatic N) is 1. The molecule has 0 radical (unpaired) electrons. The summed E-state index contributed by atoms with van der Waals surface area (Å²) in [5.41, 5.74) is 2.63. The molecule has 0 atom stereocenters. The molecule has 0 aromatic heterocycles. The van der Waals surface area contributed by atoms with E-state index in [9.17, 15) is 5.11 Å². The summed E-state index contributed by atoms with van der Waals surface area (Å²) < 4.78 is 1.19. The van der Waals surface area contributed by atoms with Crippen LogP contribution in [0.25, 0.3) is 0 Å². The first-order chi connectivity index (χ1) is 8.68. The van der Waals surface area contributed by atoms with Crippen LogP contribution >= 0.6 is 22.6 Å². The van der Waals surface area contributed by atoms with E-state index in [1.54, 1.807) is 6.92 Å². The highest BCUT2D eigenvalue weighted by Crippen LogP contribution is 2.15. The third-order valence-electron chi connectivity index (χ3n) is 2.66. The summed E-state index contributed by atoms with van der Waals surface area (Å²) in [4.78, 5) is 4.53. The Labute approximate surface area is 121 Å². The van der Waals surface area contributed by atoms with E-state index >= 15 is 0 Å². The van der Waals surface area contributed by atoms with Gasteiger partial charge in [-0.1, -0.05) is 43.4 Å². The van der Waals surface area contributed by atoms with Crippen LogP contribution < -0.4 is 5.11 Å². The van der Waals surface area contributed by atoms with Gasteiger partial charge in [-0.3, -0.25) is 4.99 Å². The van der Waals surface area contributed by atoms with Crippen LogP contribution in [0.4, 0.5) is 0 Å². The minimum Gasteiger partial charge on any atom is -0.875 e. The molecular formula is C15H13INO-. The first-order valence-electron chi connectivity index (χ1n) is 5.69. The maximum Gasteiger partial charge on any atom is 0.0657 e. The van der Waals surface area contributed by atoms with Crippen molar-refractivity contribution in [1.82, 2.24) is 0 Å². The summed E-state index contributed by atoms with van der Waals surface area (Å²) >= 11 is 2.30. The Kier molecular flexibility index (Phi) is 4.36. The zero-order valence-corrected chi connectivity index (χ0v) is 12.2. The summed E-state index contributed by atoms with van der Waals surface area (Å²) in [6.45, 7) is 2.17. The van der Waals surface area contributed by atoms with Gasteiger partial charge in [0.1, 0.15) is 0 Å². The molecule has 3 heteroatoms. The molecule has 92 valence electrons. The molecule has 0 saturated heterocycles. The van der Waals surface area contributed by atoms with Crippen molar-refractivity contribution < 1.29 is 5.11 Å². The van der Waals surface area contributed by atoms with E-state index in [-0.39, 0.29) is 5.76 Å². The third-order valence-corrected chi connectivity index (χ3v) is 3.71. The van der Waals surface area contributed by atoms with Gasteiger partial charge in [-0.25, -0.2) is 0 Å². The second-order valence-corrected chi connectivity index (χ2v) is 5.14. The maximum absolute atomic E-state index is 11.5. The van der Waals surface area contributed by atoms with Crippen LogP contribution in [0, 0.1) is 3.57 Å². The van der Waals surface area contributed by atoms with Gasteiger partial charge in [-0.05, 0) is 45.9 Å². The van der Waals surface area contributed by atoms with Crippen LogP contribution in [0.3, 0.4) is 0 Å². The molecule has 1 aliphatic carbocycles. The van der Waals surface area contributed by atoms with Gasteiger partial charge in [0.25, 0.3) is 0 Å². The third kappa shape index (κ3) is 3.10. The fraction of sp³-hybridized carbons (Fsp3) is 0.133. The molecule has 1 aliphatic rings. The quantitative estimate of drug-likeness (QED) is 0.597. The lowest BCUT2D eigenvalue weighted by molar-refractivity contribution is -0.302. The molecule has 0 fully saturated rings. The van der Waals surface area contributed by atoms with Crippen molar-refractivity contribution in [3.8, 4) is 0 Å². The van der Waals surface area contributed by atoms with Crippen LogP contribution in [0.15, 0.2) is 64.9 Å². The van der Waals surface area contributed by atoms with E-state index in [1.165, 1.54) is 9.13 Å². The summed E-state index contributed by atoms with van der Waals surface area (Å²) in [6.07, 6.45) is 7.47. The lowest BCUT2D eigenvalue weighted by Crippen LogP contribution is -2.10. The fourth-order valence-corrected chi connectivity index (χ4v) is 2.26. The van der Waals surface area contributed by atoms with Gasteiger partial charge in [0.2, 0.25) is 0 Å². The maximum atomic E-state index is 11.5. The van der Waals surface area contributed by atoms with Crippen molar-refractivity contribution in [3.63, 3.8) is 0 Å². The van der Waals surface area contributed by atoms with Crippen molar-refractivity contribution in [2.24, 2.45) is 4.99 Å². The Bertz CT molecular complexity index is 564. The largest absolute Gasteiger partial charge is 0.875 e. The standard InChI is InChI=1S/C15H14INO/c1-11(18)13-7-3-5-9-15(13)17-10-12-6-2-4-8-14(12)16/h2-9,18H,10H2,1H3/p-1. The first-order valence-corrected chi connectivity index (χ1v) is 6.77. The summed E-state index contributed by atoms with van der Waals surface area (Å²) in [7, 11) is 0. The number of rotatable bonds is 2. The van der Waals surface area contributed by atoms with Crippen LogP contribution in [0.5, 0.6) is 0 Å². The number of halogens is 1. The average molecular weight is 350 g/mol. The van der Waals surface area contributed by atoms with Gasteiger partial charge in [0, 0.05) is 3.57 Å². The molecule has 0 unspecified atom stereocenters. The molecule has 2 rings (SSSR count). The average Bonchev–Trinajstić information content (AvgIpc) is 2.38. The van der Waals surface area contributed by atoms with Gasteiger partial charge >= 0.3 is 0 Å². The Morgan fingerprint density at radius 2 is 1.94 bits per heavy atom. The van der Waals surface area contributed by atoms with Crippen molar-refractivity contribution in [3.05, 3.63) is 69.0 Å². The topological polar surface area (TPSA) is 35.4 Å². The lowest BCUT2D eigenvalue weighted by atomic mass is 10.0. The van der Waals surface area contributed by atoms with E-state index in [0.717, 1.165) is 5.71 Å². The molecule has 1 aromatic carbocycles. The van der Waals surface area contributed by atoms with Crippen LogP contribution in [-0.4, -0.2) is 5.71 Å². The van der Waals surface area contributed by atoms with Gasteiger partial charge in [-0.2, -0.15) is 0 Å². The first kappa shape index (κ1) is 13.1. The monoisotopic (exact) mass is 350 g/mol. The molecule has 0 amide bonds. The van der Waals surface area contributed by atoms with Crippen LogP contribution in [0.1, 0.15) is 12.5 Å². The zero-order valence-electron chi connectivity index (χ0n) is 10.1.